The number of hydrogen-bond acceptors (Lipinski definition) is 8. The zero-order valence-electron chi connectivity index (χ0n) is 54.2. The van der Waals surface area contributed by atoms with Crippen molar-refractivity contribution in [3.63, 3.8) is 0 Å². The molecule has 1 spiro atoms. The van der Waals surface area contributed by atoms with Gasteiger partial charge in [-0.1, -0.05) is 285 Å². The average molecular weight is 1300 g/mol. The van der Waals surface area contributed by atoms with Crippen molar-refractivity contribution in [3.05, 3.63) is 350 Å². The molecule has 0 unspecified atom stereocenters. The Kier molecular flexibility index (Phi) is 12.7. The van der Waals surface area contributed by atoms with Crippen LogP contribution in [0.5, 0.6) is 0 Å². The Morgan fingerprint density at radius 3 is 1.21 bits per heavy atom. The minimum Gasteiger partial charge on any atom is -0.455 e. The predicted molar refractivity (Wildman–Crippen MR) is 414 cm³/mol. The molecule has 0 atom stereocenters. The molecule has 0 aliphatic heterocycles. The zero-order chi connectivity index (χ0) is 66.3. The first-order valence-corrected chi connectivity index (χ1v) is 34.9. The van der Waals surface area contributed by atoms with Gasteiger partial charge < -0.3 is 4.42 Å². The van der Waals surface area contributed by atoms with E-state index in [1.54, 1.807) is 0 Å². The van der Waals surface area contributed by atoms with E-state index in [2.05, 4.69) is 243 Å². The summed E-state index contributed by atoms with van der Waals surface area (Å²) < 4.78 is 9.54. The molecule has 101 heavy (non-hydrogen) atoms. The lowest BCUT2D eigenvalue weighted by molar-refractivity contribution is 0.672. The highest BCUT2D eigenvalue weighted by Gasteiger charge is 2.52. The van der Waals surface area contributed by atoms with E-state index in [0.29, 0.717) is 34.9 Å². The second-order valence-corrected chi connectivity index (χ2v) is 27.4. The molecule has 468 valence electrons. The second kappa shape index (κ2) is 22.5. The van der Waals surface area contributed by atoms with Crippen molar-refractivity contribution < 1.29 is 4.42 Å². The van der Waals surface area contributed by atoms with Gasteiger partial charge in [-0.25, -0.2) is 29.9 Å². The van der Waals surface area contributed by atoms with Crippen molar-refractivity contribution in [3.8, 4) is 124 Å². The van der Waals surface area contributed by atoms with E-state index in [1.807, 2.05) is 96.3 Å². The zero-order valence-corrected chi connectivity index (χ0v) is 55.0. The third kappa shape index (κ3) is 8.92. The molecule has 8 heteroatoms. The Hall–Kier alpha value is -13.1. The van der Waals surface area contributed by atoms with Gasteiger partial charge in [0.15, 0.2) is 34.9 Å². The molecule has 7 nitrogen and oxygen atoms in total. The van der Waals surface area contributed by atoms with Crippen LogP contribution in [-0.2, 0) is 5.41 Å². The van der Waals surface area contributed by atoms with Gasteiger partial charge in [0.2, 0.25) is 0 Å². The smallest absolute Gasteiger partial charge is 0.164 e. The predicted octanol–water partition coefficient (Wildman–Crippen LogP) is 24.0. The topological polar surface area (TPSA) is 90.5 Å². The lowest BCUT2D eigenvalue weighted by Crippen LogP contribution is -2.26. The third-order valence-electron chi connectivity index (χ3n) is 20.8. The molecule has 0 radical (unpaired) electrons. The van der Waals surface area contributed by atoms with Crippen LogP contribution in [0.4, 0.5) is 0 Å². The molecular formula is C93H54N6OS. The van der Waals surface area contributed by atoms with Crippen LogP contribution in [0.25, 0.3) is 188 Å². The number of aromatic nitrogens is 6. The Morgan fingerprint density at radius 1 is 0.218 bits per heavy atom. The SMILES string of the molecule is c1ccc(-c2nc(-c3ccccc3)nc(-c3ccc(-c4cc(-c5ccc6c(c5)C5(c7ccccc7-c7ccccc75)c5cc(-c7nc(-c8ccccc8)nc(-c8ccc(-c9cccc%10c9ccc9c%11ccccc%11sc%109)cc8)n7)ccc5-6)cc5c4ccc4c6ccccc6oc54)cc3)n2)cc1. The van der Waals surface area contributed by atoms with Crippen molar-refractivity contribution in [1.82, 2.24) is 29.9 Å². The molecule has 19 aromatic rings. The number of benzene rings is 15. The van der Waals surface area contributed by atoms with Gasteiger partial charge >= 0.3 is 0 Å². The van der Waals surface area contributed by atoms with Gasteiger partial charge in [0.05, 0.1) is 5.41 Å². The third-order valence-corrected chi connectivity index (χ3v) is 22.1. The lowest BCUT2D eigenvalue weighted by atomic mass is 9.70. The first kappa shape index (κ1) is 57.0. The Morgan fingerprint density at radius 2 is 0.614 bits per heavy atom. The number of rotatable bonds is 9. The maximum atomic E-state index is 6.92. The minimum absolute atomic E-state index is 0.601. The van der Waals surface area contributed by atoms with Gasteiger partial charge in [-0.05, 0) is 131 Å². The first-order chi connectivity index (χ1) is 50.0. The molecule has 0 bridgehead atoms. The van der Waals surface area contributed by atoms with Gasteiger partial charge in [-0.15, -0.1) is 11.3 Å². The van der Waals surface area contributed by atoms with Gasteiger partial charge in [0.25, 0.3) is 0 Å². The van der Waals surface area contributed by atoms with E-state index >= 15 is 0 Å². The summed E-state index contributed by atoms with van der Waals surface area (Å²) in [5.74, 6) is 3.66. The Balaban J connectivity index is 0.710. The van der Waals surface area contributed by atoms with Gasteiger partial charge in [-0.3, -0.25) is 0 Å². The number of hydrogen-bond donors (Lipinski definition) is 0. The highest BCUT2D eigenvalue weighted by molar-refractivity contribution is 7.26. The van der Waals surface area contributed by atoms with Crippen LogP contribution in [0.15, 0.2) is 332 Å². The maximum Gasteiger partial charge on any atom is 0.164 e. The van der Waals surface area contributed by atoms with Crippen molar-refractivity contribution in [2.75, 3.05) is 0 Å². The summed E-state index contributed by atoms with van der Waals surface area (Å²) in [7, 11) is 0. The highest BCUT2D eigenvalue weighted by atomic mass is 32.1. The summed E-state index contributed by atoms with van der Waals surface area (Å²) in [6.45, 7) is 0. The van der Waals surface area contributed by atoms with Crippen molar-refractivity contribution >= 4 is 75.0 Å². The molecule has 4 heterocycles. The van der Waals surface area contributed by atoms with Crippen LogP contribution in [-0.4, -0.2) is 29.9 Å². The van der Waals surface area contributed by atoms with Crippen molar-refractivity contribution in [1.29, 1.82) is 0 Å². The standard InChI is InChI=1S/C93H54N6OS/c1-4-19-57(20-5-1)87-94-88(58-21-6-2-7-22-58)96-90(95-87)61-41-37-56(38-42-61)77-51-64(52-78-67(77)47-49-74-72-27-12-16-33-83(72)100-85(74)78)62-43-45-70-71-46-44-63(54-82(71)93(81(70)53-62)79-31-14-10-25-68(79)69-26-11-15-32-80(69)93)92-98-89(59-23-8-3-9-24-59)97-91(99-92)60-39-35-55(36-40-60)65-29-18-30-75-66(65)48-50-76-73-28-13-17-34-84(73)101-86(75)76/h1-54H. The fourth-order valence-corrected chi connectivity index (χ4v) is 17.4. The molecule has 2 aliphatic rings. The largest absolute Gasteiger partial charge is 0.455 e. The van der Waals surface area contributed by atoms with Crippen LogP contribution in [0.3, 0.4) is 0 Å². The van der Waals surface area contributed by atoms with Crippen LogP contribution in [0.2, 0.25) is 0 Å². The van der Waals surface area contributed by atoms with Crippen molar-refractivity contribution in [2.24, 2.45) is 0 Å². The number of thiophene rings is 1. The maximum absolute atomic E-state index is 6.92. The fourth-order valence-electron chi connectivity index (χ4n) is 16.2. The molecule has 4 aromatic heterocycles. The fraction of sp³-hybridized carbons (Fsp3) is 0.0108. The quantitative estimate of drug-likeness (QED) is 0.142. The lowest BCUT2D eigenvalue weighted by Gasteiger charge is -2.31. The molecular weight excluding hydrogens is 1250 g/mol. The molecule has 0 N–H and O–H groups in total. The van der Waals surface area contributed by atoms with E-state index in [0.717, 1.165) is 93.9 Å². The Bertz CT molecular complexity index is 6520. The molecule has 21 rings (SSSR count). The van der Waals surface area contributed by atoms with Crippen LogP contribution in [0, 0.1) is 0 Å². The molecule has 0 amide bonds. The highest BCUT2D eigenvalue weighted by Crippen LogP contribution is 2.64. The Labute approximate surface area is 584 Å². The van der Waals surface area contributed by atoms with E-state index < -0.39 is 5.41 Å². The van der Waals surface area contributed by atoms with E-state index in [9.17, 15) is 0 Å². The van der Waals surface area contributed by atoms with Gasteiger partial charge in [0, 0.05) is 75.1 Å². The second-order valence-electron chi connectivity index (χ2n) is 26.3. The number of furan rings is 1. The monoisotopic (exact) mass is 1300 g/mol. The first-order valence-electron chi connectivity index (χ1n) is 34.1. The van der Waals surface area contributed by atoms with E-state index in [-0.39, 0.29) is 0 Å². The molecule has 0 fully saturated rings. The van der Waals surface area contributed by atoms with Crippen LogP contribution >= 0.6 is 11.3 Å². The van der Waals surface area contributed by atoms with Gasteiger partial charge in [-0.2, -0.15) is 0 Å². The average Bonchev–Trinajstić information content (AvgIpc) is 1.51. The number of fused-ring (bicyclic) bond motifs is 20. The van der Waals surface area contributed by atoms with Crippen LogP contribution in [0.1, 0.15) is 22.3 Å². The summed E-state index contributed by atoms with van der Waals surface area (Å²) in [5, 5.41) is 9.39. The van der Waals surface area contributed by atoms with E-state index in [1.165, 1.54) is 81.0 Å². The van der Waals surface area contributed by atoms with Crippen LogP contribution < -0.4 is 0 Å². The van der Waals surface area contributed by atoms with Gasteiger partial charge in [0.1, 0.15) is 11.2 Å². The molecule has 15 aromatic carbocycles. The van der Waals surface area contributed by atoms with E-state index in [4.69, 9.17) is 34.3 Å². The van der Waals surface area contributed by atoms with Crippen molar-refractivity contribution in [2.45, 2.75) is 5.41 Å². The minimum atomic E-state index is -0.709. The normalized spacial score (nSPS) is 12.6. The summed E-state index contributed by atoms with van der Waals surface area (Å²) in [4.78, 5) is 31.3. The number of para-hydroxylation sites is 1. The molecule has 2 aliphatic carbocycles. The summed E-state index contributed by atoms with van der Waals surface area (Å²) in [5.41, 5.74) is 22.8. The molecule has 0 saturated heterocycles. The summed E-state index contributed by atoms with van der Waals surface area (Å²) >= 11 is 1.87. The molecule has 0 saturated carbocycles. The summed E-state index contributed by atoms with van der Waals surface area (Å²) in [6.07, 6.45) is 0. The number of nitrogens with zero attached hydrogens (tertiary/aromatic N) is 6. The summed E-state index contributed by atoms with van der Waals surface area (Å²) in [6, 6.07) is 117.